The number of halogens is 2. The first-order valence-corrected chi connectivity index (χ1v) is 9.77. The molecule has 5 aromatic rings. The van der Waals surface area contributed by atoms with Gasteiger partial charge in [-0.2, -0.15) is 17.7 Å². The second kappa shape index (κ2) is 12.9. The van der Waals surface area contributed by atoms with Crippen LogP contribution in [-0.4, -0.2) is 4.57 Å². The van der Waals surface area contributed by atoms with E-state index in [0.717, 1.165) is 0 Å². The molecule has 0 amide bonds. The summed E-state index contributed by atoms with van der Waals surface area (Å²) in [6.45, 7) is 2.23. The van der Waals surface area contributed by atoms with Crippen molar-refractivity contribution in [2.45, 2.75) is 26.2 Å². The van der Waals surface area contributed by atoms with Crippen LogP contribution in [-0.2, 0) is 32.3 Å². The number of nitrogens with zero attached hydrogens (tertiary/aromatic N) is 1. The van der Waals surface area contributed by atoms with Gasteiger partial charge in [-0.3, -0.25) is 0 Å². The van der Waals surface area contributed by atoms with Gasteiger partial charge in [0.25, 0.3) is 0 Å². The maximum absolute atomic E-state index is 2.25. The molecule has 152 valence electrons. The number of hydrogen-bond donors (Lipinski definition) is 0. The van der Waals surface area contributed by atoms with E-state index >= 15 is 0 Å². The maximum atomic E-state index is 2.25. The van der Waals surface area contributed by atoms with Gasteiger partial charge in [0.2, 0.25) is 0 Å². The normalized spacial score (nSPS) is 9.77. The molecule has 1 nitrogen and oxygen atoms in total. The fourth-order valence-corrected chi connectivity index (χ4v) is 3.54. The molecule has 0 aliphatic heterocycles. The summed E-state index contributed by atoms with van der Waals surface area (Å²) < 4.78 is 2.25. The fourth-order valence-electron chi connectivity index (χ4n) is 3.54. The van der Waals surface area contributed by atoms with E-state index in [9.17, 15) is 0 Å². The van der Waals surface area contributed by atoms with Crippen LogP contribution >= 0.6 is 0 Å². The van der Waals surface area contributed by atoms with Crippen molar-refractivity contribution in [1.82, 2.24) is 4.57 Å². The third-order valence-electron chi connectivity index (χ3n) is 5.03. The van der Waals surface area contributed by atoms with Gasteiger partial charge in [0, 0.05) is 6.20 Å². The first-order chi connectivity index (χ1) is 13.3. The molecule has 0 aliphatic carbocycles. The number of aryl methyl sites for hydroxylation is 1. The summed E-state index contributed by atoms with van der Waals surface area (Å²) >= 11 is 0. The van der Waals surface area contributed by atoms with Crippen molar-refractivity contribution in [2.24, 2.45) is 0 Å². The number of unbranched alkanes of at least 4 members (excludes halogenated alkanes) is 1. The Morgan fingerprint density at radius 3 is 2.20 bits per heavy atom. The molecule has 0 aliphatic rings. The molecule has 0 saturated carbocycles. The van der Waals surface area contributed by atoms with Crippen molar-refractivity contribution in [3.63, 3.8) is 0 Å². The molecule has 0 unspecified atom stereocenters. The number of fused-ring (bicyclic) bond motifs is 2. The average Bonchev–Trinajstić information content (AvgIpc) is 3.45. The Bertz CT molecular complexity index is 1090. The Morgan fingerprint density at radius 2 is 1.50 bits per heavy atom. The summed E-state index contributed by atoms with van der Waals surface area (Å²) in [6, 6.07) is 32.2. The van der Waals surface area contributed by atoms with Crippen LogP contribution in [0.1, 0.15) is 25.3 Å². The molecule has 0 radical (unpaired) electrons. The van der Waals surface area contributed by atoms with E-state index in [1.807, 2.05) is 0 Å². The van der Waals surface area contributed by atoms with Crippen LogP contribution in [0.3, 0.4) is 0 Å². The van der Waals surface area contributed by atoms with Gasteiger partial charge >= 0.3 is 25.8 Å². The molecule has 1 aromatic heterocycles. The molecule has 0 saturated heterocycles. The van der Waals surface area contributed by atoms with Crippen molar-refractivity contribution in [1.29, 1.82) is 0 Å². The van der Waals surface area contributed by atoms with E-state index in [-0.39, 0.29) is 50.7 Å². The molecule has 1 heterocycles. The van der Waals surface area contributed by atoms with E-state index in [2.05, 4.69) is 109 Å². The van der Waals surface area contributed by atoms with Crippen LogP contribution in [0.5, 0.6) is 0 Å². The van der Waals surface area contributed by atoms with Gasteiger partial charge in [-0.15, -0.1) is 41.1 Å². The van der Waals surface area contributed by atoms with Crippen molar-refractivity contribution in [3.05, 3.63) is 103 Å². The quantitative estimate of drug-likeness (QED) is 0.216. The van der Waals surface area contributed by atoms with E-state index < -0.39 is 0 Å². The van der Waals surface area contributed by atoms with Crippen molar-refractivity contribution >= 4 is 21.7 Å². The Hall–Kier alpha value is -1.61. The first-order valence-electron chi connectivity index (χ1n) is 9.77. The van der Waals surface area contributed by atoms with Crippen LogP contribution in [0, 0.1) is 0 Å². The molecule has 0 fully saturated rings. The van der Waals surface area contributed by atoms with E-state index in [1.54, 1.807) is 0 Å². The van der Waals surface area contributed by atoms with Crippen LogP contribution in [0.15, 0.2) is 97.2 Å². The smallest absolute Gasteiger partial charge is 1.00 e. The Kier molecular flexibility index (Phi) is 11.4. The SMILES string of the molecule is CCCC[c-]1cccc1.[Cl-].[Cl-].[Hf+4].c1ccc2[cH-]c(-n3ccc4ccccc43)cc2c1. The van der Waals surface area contributed by atoms with Gasteiger partial charge < -0.3 is 29.4 Å². The Balaban J connectivity index is 0.000000327. The van der Waals surface area contributed by atoms with E-state index in [1.165, 1.54) is 52.2 Å². The molecule has 0 atom stereocenters. The molecule has 0 spiro atoms. The fraction of sp³-hybridized carbons (Fsp3) is 0.154. The topological polar surface area (TPSA) is 4.93 Å². The zero-order valence-electron chi connectivity index (χ0n) is 17.1. The van der Waals surface area contributed by atoms with Crippen molar-refractivity contribution < 1.29 is 50.7 Å². The van der Waals surface area contributed by atoms with Gasteiger partial charge in [-0.1, -0.05) is 50.5 Å². The number of aromatic nitrogens is 1. The van der Waals surface area contributed by atoms with Crippen LogP contribution in [0.2, 0.25) is 0 Å². The van der Waals surface area contributed by atoms with E-state index in [0.29, 0.717) is 0 Å². The molecule has 5 rings (SSSR count). The van der Waals surface area contributed by atoms with Gasteiger partial charge in [-0.25, -0.2) is 12.1 Å². The monoisotopic (exact) mass is 601 g/mol. The minimum atomic E-state index is 0. The molecular formula is C26H25Cl2HfN. The van der Waals surface area contributed by atoms with Gasteiger partial charge in [0.1, 0.15) is 0 Å². The van der Waals surface area contributed by atoms with Gasteiger partial charge in [0.15, 0.2) is 0 Å². The van der Waals surface area contributed by atoms with Crippen molar-refractivity contribution in [2.75, 3.05) is 0 Å². The minimum Gasteiger partial charge on any atom is -1.00 e. The number of rotatable bonds is 4. The molecule has 0 bridgehead atoms. The summed E-state index contributed by atoms with van der Waals surface area (Å²) in [5.74, 6) is 0. The zero-order chi connectivity index (χ0) is 18.5. The predicted octanol–water partition coefficient (Wildman–Crippen LogP) is 1.26. The molecule has 4 heteroatoms. The molecule has 0 N–H and O–H groups in total. The largest absolute Gasteiger partial charge is 4.00 e. The number of para-hydroxylation sites is 1. The van der Waals surface area contributed by atoms with Crippen LogP contribution in [0.4, 0.5) is 0 Å². The summed E-state index contributed by atoms with van der Waals surface area (Å²) in [7, 11) is 0. The number of hydrogen-bond acceptors (Lipinski definition) is 0. The van der Waals surface area contributed by atoms with Crippen LogP contribution < -0.4 is 24.8 Å². The second-order valence-corrected chi connectivity index (χ2v) is 6.98. The summed E-state index contributed by atoms with van der Waals surface area (Å²) in [5, 5.41) is 3.87. The minimum absolute atomic E-state index is 0. The van der Waals surface area contributed by atoms with Crippen LogP contribution in [0.25, 0.3) is 27.4 Å². The van der Waals surface area contributed by atoms with Gasteiger partial charge in [-0.05, 0) is 23.2 Å². The summed E-state index contributed by atoms with van der Waals surface area (Å²) in [5.41, 5.74) is 3.97. The Morgan fingerprint density at radius 1 is 0.833 bits per heavy atom. The summed E-state index contributed by atoms with van der Waals surface area (Å²) in [4.78, 5) is 0. The molecular weight excluding hydrogens is 576 g/mol. The predicted molar refractivity (Wildman–Crippen MR) is 117 cm³/mol. The summed E-state index contributed by atoms with van der Waals surface area (Å²) in [6.07, 6.45) is 6.01. The molecule has 4 aromatic carbocycles. The second-order valence-electron chi connectivity index (χ2n) is 6.98. The standard InChI is InChI=1S/C17H12N.C9H13.2ClH.Hf/c1-2-7-15-12-16(11-14(15)6-1)18-10-9-13-5-3-4-8-17(13)18;1-2-3-6-9-7-4-5-8-9;;;/h1-12H;4-5,7-8H,2-3,6H2,1H3;2*1H;/q2*-1;;;+4/p-2. The third-order valence-corrected chi connectivity index (χ3v) is 5.03. The zero-order valence-corrected chi connectivity index (χ0v) is 22.2. The number of benzene rings is 2. The first kappa shape index (κ1) is 26.4. The third kappa shape index (κ3) is 6.20. The van der Waals surface area contributed by atoms with Crippen molar-refractivity contribution in [3.8, 4) is 5.69 Å². The van der Waals surface area contributed by atoms with E-state index in [4.69, 9.17) is 0 Å². The maximum Gasteiger partial charge on any atom is 4.00 e. The van der Waals surface area contributed by atoms with Gasteiger partial charge in [0.05, 0.1) is 5.52 Å². The Labute approximate surface area is 210 Å². The molecule has 30 heavy (non-hydrogen) atoms. The average molecular weight is 601 g/mol.